The van der Waals surface area contributed by atoms with Gasteiger partial charge >= 0.3 is 0 Å². The lowest BCUT2D eigenvalue weighted by atomic mass is 9.73. The first-order valence-electron chi connectivity index (χ1n) is 7.79. The summed E-state index contributed by atoms with van der Waals surface area (Å²) in [5, 5.41) is 3.26. The Hall–Kier alpha value is -0.130. The molecule has 2 atom stereocenters. The highest BCUT2D eigenvalue weighted by atomic mass is 32.2. The molecule has 1 aliphatic rings. The average Bonchev–Trinajstić information content (AvgIpc) is 2.36. The molecule has 0 aromatic rings. The number of nitrogens with one attached hydrogen (secondary N) is 1. The molecule has 1 fully saturated rings. The van der Waals surface area contributed by atoms with Crippen molar-refractivity contribution < 1.29 is 13.2 Å². The minimum absolute atomic E-state index is 0.0480. The maximum Gasteiger partial charge on any atom is 0.154 e. The molecule has 1 rings (SSSR count). The summed E-state index contributed by atoms with van der Waals surface area (Å²) >= 11 is 0. The highest BCUT2D eigenvalue weighted by Crippen LogP contribution is 2.38. The number of rotatable bonds is 8. The molecule has 120 valence electrons. The van der Waals surface area contributed by atoms with Crippen LogP contribution in [0.1, 0.15) is 52.9 Å². The first kappa shape index (κ1) is 17.9. The quantitative estimate of drug-likeness (QED) is 0.700. The third kappa shape index (κ3) is 4.71. The highest BCUT2D eigenvalue weighted by Gasteiger charge is 2.44. The van der Waals surface area contributed by atoms with Crippen LogP contribution in [0.15, 0.2) is 0 Å². The Bertz CT molecular complexity index is 379. The van der Waals surface area contributed by atoms with Crippen LogP contribution in [0.3, 0.4) is 0 Å². The zero-order chi connectivity index (χ0) is 15.2. The summed E-state index contributed by atoms with van der Waals surface area (Å²) in [5.74, 6) is 0.242. The van der Waals surface area contributed by atoms with Crippen LogP contribution in [-0.2, 0) is 14.6 Å². The van der Waals surface area contributed by atoms with Crippen LogP contribution in [0.4, 0.5) is 0 Å². The molecular weight excluding hydrogens is 274 g/mol. The summed E-state index contributed by atoms with van der Waals surface area (Å²) in [4.78, 5) is 0. The van der Waals surface area contributed by atoms with Crippen molar-refractivity contribution in [1.29, 1.82) is 0 Å². The summed E-state index contributed by atoms with van der Waals surface area (Å²) in [6.07, 6.45) is 4.52. The lowest BCUT2D eigenvalue weighted by Crippen LogP contribution is -2.55. The Balaban J connectivity index is 2.82. The van der Waals surface area contributed by atoms with Crippen LogP contribution in [0, 0.1) is 5.41 Å². The van der Waals surface area contributed by atoms with Crippen molar-refractivity contribution in [2.24, 2.45) is 5.41 Å². The lowest BCUT2D eigenvalue weighted by Gasteiger charge is -2.44. The maximum atomic E-state index is 12.6. The fraction of sp³-hybridized carbons (Fsp3) is 1.00. The summed E-state index contributed by atoms with van der Waals surface area (Å²) in [6, 6.07) is 0.0729. The van der Waals surface area contributed by atoms with Gasteiger partial charge in [0.1, 0.15) is 0 Å². The van der Waals surface area contributed by atoms with Crippen LogP contribution < -0.4 is 5.32 Å². The minimum atomic E-state index is -3.05. The zero-order valence-corrected chi connectivity index (χ0v) is 14.3. The number of hydrogen-bond donors (Lipinski definition) is 1. The Morgan fingerprint density at radius 3 is 2.65 bits per heavy atom. The Kier molecular flexibility index (Phi) is 6.95. The number of hydrogen-bond acceptors (Lipinski definition) is 4. The van der Waals surface area contributed by atoms with Gasteiger partial charge < -0.3 is 10.1 Å². The highest BCUT2D eigenvalue weighted by molar-refractivity contribution is 7.92. The van der Waals surface area contributed by atoms with Crippen LogP contribution in [-0.4, -0.2) is 45.7 Å². The fourth-order valence-electron chi connectivity index (χ4n) is 3.23. The van der Waals surface area contributed by atoms with Crippen LogP contribution in [0.5, 0.6) is 0 Å². The van der Waals surface area contributed by atoms with E-state index in [1.54, 1.807) is 7.11 Å². The van der Waals surface area contributed by atoms with Gasteiger partial charge in [0.25, 0.3) is 0 Å². The Morgan fingerprint density at radius 1 is 1.35 bits per heavy atom. The SMILES string of the molecule is CCCNC1C(S(=O)(=O)CCCOC)CCCC1(C)C. The van der Waals surface area contributed by atoms with Crippen LogP contribution in [0.25, 0.3) is 0 Å². The van der Waals surface area contributed by atoms with E-state index in [0.29, 0.717) is 13.0 Å². The third-order valence-electron chi connectivity index (χ3n) is 4.38. The molecule has 0 aromatic carbocycles. The van der Waals surface area contributed by atoms with Gasteiger partial charge in [-0.2, -0.15) is 0 Å². The molecule has 1 aliphatic carbocycles. The molecule has 0 saturated heterocycles. The average molecular weight is 305 g/mol. The van der Waals surface area contributed by atoms with Gasteiger partial charge in [-0.25, -0.2) is 8.42 Å². The van der Waals surface area contributed by atoms with Crippen molar-refractivity contribution in [3.63, 3.8) is 0 Å². The summed E-state index contributed by atoms with van der Waals surface area (Å²) in [7, 11) is -1.44. The van der Waals surface area contributed by atoms with E-state index in [9.17, 15) is 8.42 Å². The smallest absolute Gasteiger partial charge is 0.154 e. The molecule has 0 amide bonds. The molecule has 20 heavy (non-hydrogen) atoms. The standard InChI is InChI=1S/C15H31NO3S/c1-5-10-16-14-13(8-6-9-15(14,2)3)20(17,18)12-7-11-19-4/h13-14,16H,5-12H2,1-4H3. The Morgan fingerprint density at radius 2 is 2.05 bits per heavy atom. The third-order valence-corrected chi connectivity index (χ3v) is 6.66. The molecule has 0 spiro atoms. The molecule has 0 aliphatic heterocycles. The molecule has 5 heteroatoms. The maximum absolute atomic E-state index is 12.6. The normalized spacial score (nSPS) is 26.6. The molecular formula is C15H31NO3S. The molecule has 0 aromatic heterocycles. The van der Waals surface area contributed by atoms with E-state index in [1.165, 1.54) is 0 Å². The van der Waals surface area contributed by atoms with Gasteiger partial charge in [0.05, 0.1) is 11.0 Å². The van der Waals surface area contributed by atoms with Gasteiger partial charge in [-0.05, 0) is 37.6 Å². The van der Waals surface area contributed by atoms with Gasteiger partial charge in [0.2, 0.25) is 0 Å². The van der Waals surface area contributed by atoms with E-state index in [4.69, 9.17) is 4.74 Å². The first-order valence-corrected chi connectivity index (χ1v) is 9.50. The van der Waals surface area contributed by atoms with Crippen molar-refractivity contribution in [3.05, 3.63) is 0 Å². The van der Waals surface area contributed by atoms with Gasteiger partial charge in [-0.15, -0.1) is 0 Å². The van der Waals surface area contributed by atoms with Gasteiger partial charge in [0, 0.05) is 19.8 Å². The molecule has 0 heterocycles. The van der Waals surface area contributed by atoms with Gasteiger partial charge in [-0.1, -0.05) is 27.2 Å². The van der Waals surface area contributed by atoms with Crippen molar-refractivity contribution >= 4 is 9.84 Å². The second-order valence-corrected chi connectivity index (χ2v) is 8.90. The van der Waals surface area contributed by atoms with E-state index in [-0.39, 0.29) is 22.5 Å². The Labute approximate surface area is 124 Å². The summed E-state index contributed by atoms with van der Waals surface area (Å²) < 4.78 is 30.2. The van der Waals surface area contributed by atoms with Crippen LogP contribution in [0.2, 0.25) is 0 Å². The second kappa shape index (κ2) is 7.76. The molecule has 1 saturated carbocycles. The predicted octanol–water partition coefficient (Wildman–Crippen LogP) is 2.38. The van der Waals surface area contributed by atoms with Crippen molar-refractivity contribution in [1.82, 2.24) is 5.32 Å². The largest absolute Gasteiger partial charge is 0.385 e. The van der Waals surface area contributed by atoms with Crippen molar-refractivity contribution in [3.8, 4) is 0 Å². The fourth-order valence-corrected chi connectivity index (χ4v) is 5.46. The molecule has 4 nitrogen and oxygen atoms in total. The van der Waals surface area contributed by atoms with E-state index in [2.05, 4.69) is 26.1 Å². The lowest BCUT2D eigenvalue weighted by molar-refractivity contribution is 0.170. The number of sulfone groups is 1. The monoisotopic (exact) mass is 305 g/mol. The summed E-state index contributed by atoms with van der Waals surface area (Å²) in [5.41, 5.74) is 0.0480. The van der Waals surface area contributed by atoms with Crippen molar-refractivity contribution in [2.75, 3.05) is 26.0 Å². The number of methoxy groups -OCH3 is 1. The van der Waals surface area contributed by atoms with E-state index in [0.717, 1.165) is 32.2 Å². The molecule has 2 unspecified atom stereocenters. The first-order chi connectivity index (χ1) is 9.35. The van der Waals surface area contributed by atoms with Gasteiger partial charge in [-0.3, -0.25) is 0 Å². The van der Waals surface area contributed by atoms with Gasteiger partial charge in [0.15, 0.2) is 9.84 Å². The summed E-state index contributed by atoms with van der Waals surface area (Å²) in [6.45, 7) is 7.90. The van der Waals surface area contributed by atoms with E-state index < -0.39 is 9.84 Å². The molecule has 0 bridgehead atoms. The van der Waals surface area contributed by atoms with E-state index in [1.807, 2.05) is 0 Å². The molecule has 0 radical (unpaired) electrons. The number of ether oxygens (including phenoxy) is 1. The van der Waals surface area contributed by atoms with Crippen molar-refractivity contribution in [2.45, 2.75) is 64.2 Å². The van der Waals surface area contributed by atoms with E-state index >= 15 is 0 Å². The predicted molar refractivity (Wildman–Crippen MR) is 83.8 cm³/mol. The minimum Gasteiger partial charge on any atom is -0.385 e. The topological polar surface area (TPSA) is 55.4 Å². The second-order valence-electron chi connectivity index (χ2n) is 6.56. The zero-order valence-electron chi connectivity index (χ0n) is 13.4. The molecule has 1 N–H and O–H groups in total. The van der Waals surface area contributed by atoms with Crippen LogP contribution >= 0.6 is 0 Å².